The van der Waals surface area contributed by atoms with E-state index < -0.39 is 0 Å². The lowest BCUT2D eigenvalue weighted by Crippen LogP contribution is -2.00. The number of benzene rings is 8. The van der Waals surface area contributed by atoms with Gasteiger partial charge >= 0.3 is 0 Å². The van der Waals surface area contributed by atoms with Crippen LogP contribution in [0, 0.1) is 0 Å². The molecule has 5 nitrogen and oxygen atoms in total. The van der Waals surface area contributed by atoms with Crippen LogP contribution in [0.1, 0.15) is 0 Å². The second-order valence-electron chi connectivity index (χ2n) is 14.7. The first-order chi connectivity index (χ1) is 29.2. The fraction of sp³-hybridized carbons (Fsp3) is 0. The molecule has 278 valence electrons. The van der Waals surface area contributed by atoms with E-state index in [4.69, 9.17) is 14.4 Å². The van der Waals surface area contributed by atoms with Gasteiger partial charge in [0.15, 0.2) is 0 Å². The lowest BCUT2D eigenvalue weighted by atomic mass is 9.94. The van der Waals surface area contributed by atoms with E-state index in [0.29, 0.717) is 11.4 Å². The highest BCUT2D eigenvalue weighted by atomic mass is 16.3. The number of aromatic nitrogens is 3. The van der Waals surface area contributed by atoms with Crippen LogP contribution >= 0.6 is 0 Å². The van der Waals surface area contributed by atoms with Crippen molar-refractivity contribution < 1.29 is 9.52 Å². The Morgan fingerprint density at radius 2 is 1.08 bits per heavy atom. The van der Waals surface area contributed by atoms with Crippen LogP contribution < -0.4 is 0 Å². The number of fused-ring (bicyclic) bond motifs is 4. The predicted molar refractivity (Wildman–Crippen MR) is 240 cm³/mol. The highest BCUT2D eigenvalue weighted by molar-refractivity contribution is 6.16. The third kappa shape index (κ3) is 5.96. The minimum absolute atomic E-state index is 0.161. The second-order valence-corrected chi connectivity index (χ2v) is 14.7. The summed E-state index contributed by atoms with van der Waals surface area (Å²) in [5.74, 6) is 0.805. The molecule has 8 aromatic carbocycles. The van der Waals surface area contributed by atoms with Crippen molar-refractivity contribution in [1.82, 2.24) is 14.5 Å². The fourth-order valence-electron chi connectivity index (χ4n) is 8.40. The Labute approximate surface area is 340 Å². The molecule has 0 saturated heterocycles. The van der Waals surface area contributed by atoms with Crippen molar-refractivity contribution in [2.75, 3.05) is 0 Å². The van der Waals surface area contributed by atoms with Crippen molar-refractivity contribution >= 4 is 33.0 Å². The minimum atomic E-state index is 0.161. The van der Waals surface area contributed by atoms with Gasteiger partial charge in [-0.1, -0.05) is 146 Å². The first kappa shape index (κ1) is 34.2. The van der Waals surface area contributed by atoms with Crippen molar-refractivity contribution in [2.24, 2.45) is 0 Å². The molecule has 59 heavy (non-hydrogen) atoms. The second kappa shape index (κ2) is 14.2. The molecular weight excluding hydrogens is 723 g/mol. The summed E-state index contributed by atoms with van der Waals surface area (Å²) >= 11 is 0. The van der Waals surface area contributed by atoms with E-state index in [1.165, 1.54) is 11.1 Å². The van der Waals surface area contributed by atoms with E-state index in [9.17, 15) is 5.11 Å². The van der Waals surface area contributed by atoms with Gasteiger partial charge in [0.1, 0.15) is 22.7 Å². The summed E-state index contributed by atoms with van der Waals surface area (Å²) < 4.78 is 8.80. The van der Waals surface area contributed by atoms with E-state index in [1.807, 2.05) is 48.7 Å². The molecule has 0 unspecified atom stereocenters. The van der Waals surface area contributed by atoms with Crippen LogP contribution in [-0.4, -0.2) is 19.6 Å². The van der Waals surface area contributed by atoms with Gasteiger partial charge in [-0.15, -0.1) is 0 Å². The molecule has 3 heterocycles. The molecule has 0 atom stereocenters. The molecule has 0 aliphatic carbocycles. The van der Waals surface area contributed by atoms with Crippen LogP contribution in [0.15, 0.2) is 211 Å². The van der Waals surface area contributed by atoms with Crippen molar-refractivity contribution in [3.8, 4) is 78.6 Å². The van der Waals surface area contributed by atoms with E-state index in [0.717, 1.165) is 83.3 Å². The Bertz CT molecular complexity index is 3330. The number of phenols is 1. The van der Waals surface area contributed by atoms with E-state index >= 15 is 0 Å². The Morgan fingerprint density at radius 3 is 1.88 bits per heavy atom. The first-order valence-electron chi connectivity index (χ1n) is 19.7. The lowest BCUT2D eigenvalue weighted by Gasteiger charge is -2.15. The average molecular weight is 758 g/mol. The van der Waals surface area contributed by atoms with Gasteiger partial charge in [-0.3, -0.25) is 9.55 Å². The zero-order chi connectivity index (χ0) is 39.3. The monoisotopic (exact) mass is 757 g/mol. The SMILES string of the molecule is Oc1ccccc1-c1nc2c(-c3cc(-c4cc(-c5ccc(-c6ccccc6)cc5)ccn4)cc4oc5ccccc5c34)cccc2n1-c1ccccc1-c1ccccc1. The number of nitrogens with zero attached hydrogens (tertiary/aromatic N) is 3. The third-order valence-electron chi connectivity index (χ3n) is 11.2. The number of rotatable bonds is 7. The number of para-hydroxylation sites is 4. The highest BCUT2D eigenvalue weighted by Crippen LogP contribution is 2.44. The number of pyridine rings is 1. The highest BCUT2D eigenvalue weighted by Gasteiger charge is 2.24. The van der Waals surface area contributed by atoms with Crippen LogP contribution in [0.5, 0.6) is 5.75 Å². The molecule has 3 aromatic heterocycles. The smallest absolute Gasteiger partial charge is 0.149 e. The Balaban J connectivity index is 1.13. The van der Waals surface area contributed by atoms with Crippen molar-refractivity contribution in [1.29, 1.82) is 0 Å². The van der Waals surface area contributed by atoms with Crippen molar-refractivity contribution in [3.05, 3.63) is 206 Å². The number of hydrogen-bond acceptors (Lipinski definition) is 4. The quantitative estimate of drug-likeness (QED) is 0.176. The van der Waals surface area contributed by atoms with Crippen molar-refractivity contribution in [2.45, 2.75) is 0 Å². The first-order valence-corrected chi connectivity index (χ1v) is 19.7. The standard InChI is InChI=1S/C54H35N3O2/c58-49-24-11-8-19-43(49)54-56-53-42(21-13-23-48(53)57(54)47-22-10-7-18-41(47)38-16-5-2-6-17-38)45-32-40(34-51-52(45)44-20-9-12-25-50(44)59-51)46-33-39(30-31-55-46)37-28-26-36(27-29-37)35-14-3-1-4-15-35/h1-34,58H. The van der Waals surface area contributed by atoms with Crippen LogP contribution in [0.2, 0.25) is 0 Å². The summed E-state index contributed by atoms with van der Waals surface area (Å²) in [7, 11) is 0. The molecule has 0 spiro atoms. The van der Waals surface area contributed by atoms with Gasteiger partial charge in [0, 0.05) is 33.7 Å². The Hall–Kier alpha value is -8.02. The molecule has 0 saturated carbocycles. The van der Waals surface area contributed by atoms with Gasteiger partial charge in [0.25, 0.3) is 0 Å². The van der Waals surface area contributed by atoms with Gasteiger partial charge in [-0.05, 0) is 88.0 Å². The topological polar surface area (TPSA) is 64.1 Å². The molecule has 0 aliphatic rings. The normalized spacial score (nSPS) is 11.5. The zero-order valence-corrected chi connectivity index (χ0v) is 31.8. The maximum Gasteiger partial charge on any atom is 0.149 e. The molecule has 0 radical (unpaired) electrons. The molecule has 11 rings (SSSR count). The number of furan rings is 1. The van der Waals surface area contributed by atoms with Crippen LogP contribution in [0.25, 0.3) is 106 Å². The maximum absolute atomic E-state index is 11.3. The summed E-state index contributed by atoms with van der Waals surface area (Å²) in [6.45, 7) is 0. The molecule has 0 amide bonds. The third-order valence-corrected chi connectivity index (χ3v) is 11.2. The number of aromatic hydroxyl groups is 1. The molecule has 0 aliphatic heterocycles. The molecule has 11 aromatic rings. The minimum Gasteiger partial charge on any atom is -0.507 e. The van der Waals surface area contributed by atoms with Gasteiger partial charge in [-0.25, -0.2) is 4.98 Å². The number of hydrogen-bond donors (Lipinski definition) is 1. The van der Waals surface area contributed by atoms with Crippen LogP contribution in [0.4, 0.5) is 0 Å². The van der Waals surface area contributed by atoms with Crippen molar-refractivity contribution in [3.63, 3.8) is 0 Å². The van der Waals surface area contributed by atoms with Gasteiger partial charge in [0.05, 0.1) is 28.0 Å². The fourth-order valence-corrected chi connectivity index (χ4v) is 8.40. The Kier molecular flexibility index (Phi) is 8.23. The van der Waals surface area contributed by atoms with Gasteiger partial charge in [0.2, 0.25) is 0 Å². The number of phenolic OH excluding ortho intramolecular Hbond substituents is 1. The average Bonchev–Trinajstić information content (AvgIpc) is 3.88. The molecular formula is C54H35N3O2. The van der Waals surface area contributed by atoms with Crippen LogP contribution in [0.3, 0.4) is 0 Å². The number of imidazole rings is 1. The van der Waals surface area contributed by atoms with E-state index in [-0.39, 0.29) is 5.75 Å². The summed E-state index contributed by atoms with van der Waals surface area (Å²) in [6.07, 6.45) is 1.88. The summed E-state index contributed by atoms with van der Waals surface area (Å²) in [6, 6.07) is 68.3. The molecule has 0 bridgehead atoms. The van der Waals surface area contributed by atoms with Crippen LogP contribution in [-0.2, 0) is 0 Å². The largest absolute Gasteiger partial charge is 0.507 e. The van der Waals surface area contributed by atoms with E-state index in [1.54, 1.807) is 6.07 Å². The lowest BCUT2D eigenvalue weighted by molar-refractivity contribution is 0.477. The summed E-state index contributed by atoms with van der Waals surface area (Å²) in [4.78, 5) is 10.4. The maximum atomic E-state index is 11.3. The Morgan fingerprint density at radius 1 is 0.441 bits per heavy atom. The van der Waals surface area contributed by atoms with E-state index in [2.05, 4.69) is 156 Å². The molecule has 0 fully saturated rings. The molecule has 1 N–H and O–H groups in total. The van der Waals surface area contributed by atoms with Gasteiger partial charge in [-0.2, -0.15) is 0 Å². The zero-order valence-electron chi connectivity index (χ0n) is 31.8. The summed E-state index contributed by atoms with van der Waals surface area (Å²) in [5.41, 5.74) is 15.3. The predicted octanol–water partition coefficient (Wildman–Crippen LogP) is 14.0. The molecule has 5 heteroatoms. The van der Waals surface area contributed by atoms with Gasteiger partial charge < -0.3 is 9.52 Å². The summed E-state index contributed by atoms with van der Waals surface area (Å²) in [5, 5.41) is 13.4.